The van der Waals surface area contributed by atoms with Crippen LogP contribution < -0.4 is 0 Å². The van der Waals surface area contributed by atoms with E-state index in [0.717, 1.165) is 49.4 Å². The minimum absolute atomic E-state index is 0.0795. The minimum Gasteiger partial charge on any atom is -0.463 e. The Kier molecular flexibility index (Phi) is 5.81. The molecular formula is C25H28N2O2. The van der Waals surface area contributed by atoms with Gasteiger partial charge in [0.2, 0.25) is 0 Å². The molecule has 0 saturated heterocycles. The molecule has 2 heterocycles. The Hall–Kier alpha value is -2.85. The SMILES string of the molecule is CN(C)Cc1cc2c(o1)CN(C(=O)c1ccc(CCc3ccccc3)cc1)CC2. The van der Waals surface area contributed by atoms with Gasteiger partial charge < -0.3 is 14.2 Å². The maximum atomic E-state index is 13.0. The predicted octanol–water partition coefficient (Wildman–Crippen LogP) is 4.32. The lowest BCUT2D eigenvalue weighted by molar-refractivity contribution is 0.0718. The van der Waals surface area contributed by atoms with Gasteiger partial charge >= 0.3 is 0 Å². The Morgan fingerprint density at radius 1 is 1.00 bits per heavy atom. The molecule has 3 aromatic rings. The molecule has 4 rings (SSSR count). The van der Waals surface area contributed by atoms with Crippen LogP contribution in [-0.2, 0) is 32.4 Å². The van der Waals surface area contributed by atoms with E-state index < -0.39 is 0 Å². The molecule has 0 atom stereocenters. The molecule has 1 aliphatic rings. The van der Waals surface area contributed by atoms with E-state index in [9.17, 15) is 4.79 Å². The molecule has 1 amide bonds. The average molecular weight is 389 g/mol. The predicted molar refractivity (Wildman–Crippen MR) is 115 cm³/mol. The fourth-order valence-corrected chi connectivity index (χ4v) is 3.87. The van der Waals surface area contributed by atoms with E-state index in [1.165, 1.54) is 16.7 Å². The first kappa shape index (κ1) is 19.5. The Labute approximate surface area is 172 Å². The van der Waals surface area contributed by atoms with E-state index in [0.29, 0.717) is 6.54 Å². The maximum Gasteiger partial charge on any atom is 0.254 e. The third kappa shape index (κ3) is 4.77. The zero-order valence-electron chi connectivity index (χ0n) is 17.2. The standard InChI is InChI=1S/C25H28N2O2/c1-26(2)17-23-16-22-14-15-27(18-24(22)29-23)25(28)21-12-10-20(11-13-21)9-8-19-6-4-3-5-7-19/h3-7,10-13,16H,8-9,14-15,17-18H2,1-2H3. The molecule has 29 heavy (non-hydrogen) atoms. The van der Waals surface area contributed by atoms with Gasteiger partial charge in [-0.05, 0) is 68.2 Å². The highest BCUT2D eigenvalue weighted by Gasteiger charge is 2.25. The van der Waals surface area contributed by atoms with Crippen LogP contribution >= 0.6 is 0 Å². The molecule has 150 valence electrons. The fraction of sp³-hybridized carbons (Fsp3) is 0.320. The van der Waals surface area contributed by atoms with Gasteiger partial charge in [-0.15, -0.1) is 0 Å². The van der Waals surface area contributed by atoms with E-state index in [4.69, 9.17) is 4.42 Å². The van der Waals surface area contributed by atoms with Crippen molar-refractivity contribution < 1.29 is 9.21 Å². The molecule has 0 radical (unpaired) electrons. The van der Waals surface area contributed by atoms with Gasteiger partial charge in [0.1, 0.15) is 11.5 Å². The minimum atomic E-state index is 0.0795. The van der Waals surface area contributed by atoms with Crippen molar-refractivity contribution in [3.05, 3.63) is 94.4 Å². The Morgan fingerprint density at radius 3 is 2.38 bits per heavy atom. The lowest BCUT2D eigenvalue weighted by Gasteiger charge is -2.26. The summed E-state index contributed by atoms with van der Waals surface area (Å²) >= 11 is 0. The van der Waals surface area contributed by atoms with Gasteiger partial charge in [0.05, 0.1) is 13.1 Å². The van der Waals surface area contributed by atoms with Crippen molar-refractivity contribution in [2.75, 3.05) is 20.6 Å². The molecule has 0 bridgehead atoms. The number of rotatable bonds is 6. The van der Waals surface area contributed by atoms with Crippen molar-refractivity contribution in [2.24, 2.45) is 0 Å². The summed E-state index contributed by atoms with van der Waals surface area (Å²) in [6.45, 7) is 2.07. The highest BCUT2D eigenvalue weighted by atomic mass is 16.3. The molecule has 2 aromatic carbocycles. The van der Waals surface area contributed by atoms with Crippen LogP contribution in [0, 0.1) is 0 Å². The topological polar surface area (TPSA) is 36.7 Å². The zero-order valence-corrected chi connectivity index (χ0v) is 17.2. The quantitative estimate of drug-likeness (QED) is 0.631. The van der Waals surface area contributed by atoms with Gasteiger partial charge in [-0.25, -0.2) is 0 Å². The highest BCUT2D eigenvalue weighted by molar-refractivity contribution is 5.94. The second kappa shape index (κ2) is 8.66. The summed E-state index contributed by atoms with van der Waals surface area (Å²) in [7, 11) is 4.06. The number of aryl methyl sites for hydroxylation is 2. The molecule has 0 unspecified atom stereocenters. The fourth-order valence-electron chi connectivity index (χ4n) is 3.87. The Morgan fingerprint density at radius 2 is 1.69 bits per heavy atom. The summed E-state index contributed by atoms with van der Waals surface area (Å²) < 4.78 is 5.99. The Balaban J connectivity index is 1.37. The van der Waals surface area contributed by atoms with Gasteiger partial charge in [0, 0.05) is 12.1 Å². The van der Waals surface area contributed by atoms with E-state index >= 15 is 0 Å². The molecule has 1 aromatic heterocycles. The van der Waals surface area contributed by atoms with Crippen LogP contribution in [-0.4, -0.2) is 36.3 Å². The largest absolute Gasteiger partial charge is 0.463 e. The molecule has 4 nitrogen and oxygen atoms in total. The number of furan rings is 1. The Bertz CT molecular complexity index is 958. The maximum absolute atomic E-state index is 13.0. The second-order valence-electron chi connectivity index (χ2n) is 8.06. The van der Waals surface area contributed by atoms with Crippen molar-refractivity contribution in [2.45, 2.75) is 32.4 Å². The molecular weight excluding hydrogens is 360 g/mol. The van der Waals surface area contributed by atoms with Crippen LogP contribution in [0.4, 0.5) is 0 Å². The third-order valence-electron chi connectivity index (χ3n) is 5.44. The molecule has 0 N–H and O–H groups in total. The summed E-state index contributed by atoms with van der Waals surface area (Å²) in [5, 5.41) is 0. The number of nitrogens with zero attached hydrogens (tertiary/aromatic N) is 2. The molecule has 0 saturated carbocycles. The van der Waals surface area contributed by atoms with Crippen LogP contribution in [0.15, 0.2) is 65.1 Å². The number of amides is 1. The van der Waals surface area contributed by atoms with E-state index in [2.05, 4.69) is 47.4 Å². The molecule has 0 aliphatic carbocycles. The first-order valence-corrected chi connectivity index (χ1v) is 10.3. The summed E-state index contributed by atoms with van der Waals surface area (Å²) in [5.41, 5.74) is 4.58. The van der Waals surface area contributed by atoms with Crippen LogP contribution in [0.25, 0.3) is 0 Å². The normalized spacial score (nSPS) is 13.6. The van der Waals surface area contributed by atoms with Crippen molar-refractivity contribution in [1.82, 2.24) is 9.80 Å². The van der Waals surface area contributed by atoms with Gasteiger partial charge in [-0.2, -0.15) is 0 Å². The van der Waals surface area contributed by atoms with E-state index in [1.54, 1.807) is 0 Å². The molecule has 1 aliphatic heterocycles. The van der Waals surface area contributed by atoms with Crippen LogP contribution in [0.1, 0.15) is 38.6 Å². The smallest absolute Gasteiger partial charge is 0.254 e. The number of carbonyl (C=O) groups is 1. The summed E-state index contributed by atoms with van der Waals surface area (Å²) in [5.74, 6) is 1.98. The van der Waals surface area contributed by atoms with Gasteiger partial charge in [0.25, 0.3) is 5.91 Å². The van der Waals surface area contributed by atoms with E-state index in [-0.39, 0.29) is 5.91 Å². The summed E-state index contributed by atoms with van der Waals surface area (Å²) in [6, 6.07) is 20.7. The average Bonchev–Trinajstić information content (AvgIpc) is 3.13. The monoisotopic (exact) mass is 388 g/mol. The number of hydrogen-bond acceptors (Lipinski definition) is 3. The van der Waals surface area contributed by atoms with Crippen LogP contribution in [0.3, 0.4) is 0 Å². The first-order valence-electron chi connectivity index (χ1n) is 10.3. The van der Waals surface area contributed by atoms with Crippen LogP contribution in [0.5, 0.6) is 0 Å². The van der Waals surface area contributed by atoms with Crippen LogP contribution in [0.2, 0.25) is 0 Å². The van der Waals surface area contributed by atoms with Gasteiger partial charge in [0.15, 0.2) is 0 Å². The number of hydrogen-bond donors (Lipinski definition) is 0. The first-order chi connectivity index (χ1) is 14.1. The van der Waals surface area contributed by atoms with E-state index in [1.807, 2.05) is 37.2 Å². The van der Waals surface area contributed by atoms with Gasteiger partial charge in [-0.1, -0.05) is 42.5 Å². The van der Waals surface area contributed by atoms with Crippen molar-refractivity contribution in [3.63, 3.8) is 0 Å². The summed E-state index contributed by atoms with van der Waals surface area (Å²) in [4.78, 5) is 16.9. The van der Waals surface area contributed by atoms with Crippen molar-refractivity contribution >= 4 is 5.91 Å². The lowest BCUT2D eigenvalue weighted by Crippen LogP contribution is -2.35. The number of benzene rings is 2. The number of fused-ring (bicyclic) bond motifs is 1. The molecule has 0 fully saturated rings. The lowest BCUT2D eigenvalue weighted by atomic mass is 10.0. The van der Waals surface area contributed by atoms with Crippen molar-refractivity contribution in [1.29, 1.82) is 0 Å². The third-order valence-corrected chi connectivity index (χ3v) is 5.44. The molecule has 0 spiro atoms. The highest BCUT2D eigenvalue weighted by Crippen LogP contribution is 2.25. The summed E-state index contributed by atoms with van der Waals surface area (Å²) in [6.07, 6.45) is 2.84. The zero-order chi connectivity index (χ0) is 20.2. The second-order valence-corrected chi connectivity index (χ2v) is 8.06. The number of carbonyl (C=O) groups excluding carboxylic acids is 1. The van der Waals surface area contributed by atoms with Gasteiger partial charge in [-0.3, -0.25) is 4.79 Å². The molecule has 4 heteroatoms. The van der Waals surface area contributed by atoms with Crippen molar-refractivity contribution in [3.8, 4) is 0 Å².